The number of para-hydroxylation sites is 3. The van der Waals surface area contributed by atoms with Crippen LogP contribution in [0.2, 0.25) is 0 Å². The molecule has 8 aromatic carbocycles. The summed E-state index contributed by atoms with van der Waals surface area (Å²) in [5, 5.41) is 8.74. The summed E-state index contributed by atoms with van der Waals surface area (Å²) in [4.78, 5) is 15.4. The van der Waals surface area contributed by atoms with Crippen LogP contribution in [-0.2, 0) is 0 Å². The van der Waals surface area contributed by atoms with E-state index >= 15 is 0 Å². The van der Waals surface area contributed by atoms with Gasteiger partial charge in [-0.1, -0.05) is 133 Å². The van der Waals surface area contributed by atoms with Gasteiger partial charge in [-0.05, 0) is 57.4 Å². The van der Waals surface area contributed by atoms with E-state index in [9.17, 15) is 0 Å². The molecule has 11 rings (SSSR count). The Kier molecular flexibility index (Phi) is 6.18. The molecule has 0 radical (unpaired) electrons. The van der Waals surface area contributed by atoms with Gasteiger partial charge in [-0.25, -0.2) is 15.0 Å². The second-order valence-corrected chi connectivity index (χ2v) is 13.2. The van der Waals surface area contributed by atoms with Crippen molar-refractivity contribution in [2.24, 2.45) is 0 Å². The van der Waals surface area contributed by atoms with Gasteiger partial charge in [0.25, 0.3) is 0 Å². The van der Waals surface area contributed by atoms with Crippen LogP contribution in [0.3, 0.4) is 0 Å². The van der Waals surface area contributed by atoms with Crippen LogP contribution in [0.4, 0.5) is 0 Å². The van der Waals surface area contributed by atoms with Gasteiger partial charge in [0.2, 0.25) is 0 Å². The van der Waals surface area contributed by atoms with Crippen molar-refractivity contribution in [2.45, 2.75) is 0 Å². The summed E-state index contributed by atoms with van der Waals surface area (Å²) in [7, 11) is 0. The average Bonchev–Trinajstić information content (AvgIpc) is 3.79. The summed E-state index contributed by atoms with van der Waals surface area (Å²) >= 11 is 0. The molecule has 3 heterocycles. The molecule has 0 unspecified atom stereocenters. The Morgan fingerprint density at radius 2 is 0.846 bits per heavy atom. The Labute approximate surface area is 297 Å². The van der Waals surface area contributed by atoms with Gasteiger partial charge in [0.05, 0.1) is 5.56 Å². The second kappa shape index (κ2) is 11.2. The smallest absolute Gasteiger partial charge is 0.167 e. The summed E-state index contributed by atoms with van der Waals surface area (Å²) in [5.74, 6) is 1.73. The van der Waals surface area contributed by atoms with E-state index in [0.29, 0.717) is 23.1 Å². The van der Waals surface area contributed by atoms with Crippen molar-refractivity contribution < 1.29 is 8.83 Å². The quantitative estimate of drug-likeness (QED) is 0.187. The fourth-order valence-corrected chi connectivity index (χ4v) is 7.60. The lowest BCUT2D eigenvalue weighted by Crippen LogP contribution is -2.00. The molecule has 3 aromatic heterocycles. The molecule has 0 spiro atoms. The molecule has 0 N–H and O–H groups in total. The summed E-state index contributed by atoms with van der Waals surface area (Å²) in [6.07, 6.45) is 0. The molecule has 0 bridgehead atoms. The Bertz CT molecular complexity index is 3110. The predicted octanol–water partition coefficient (Wildman–Crippen LogP) is 12.6. The third kappa shape index (κ3) is 4.46. The minimum absolute atomic E-state index is 0.541. The number of hydrogen-bond acceptors (Lipinski definition) is 5. The van der Waals surface area contributed by atoms with Crippen molar-refractivity contribution in [3.8, 4) is 45.3 Å². The molecule has 52 heavy (non-hydrogen) atoms. The number of aromatic nitrogens is 3. The van der Waals surface area contributed by atoms with Crippen LogP contribution in [0.15, 0.2) is 173 Å². The van der Waals surface area contributed by atoms with Gasteiger partial charge in [-0.15, -0.1) is 0 Å². The van der Waals surface area contributed by atoms with E-state index in [1.807, 2.05) is 36.4 Å². The Morgan fingerprint density at radius 1 is 0.327 bits per heavy atom. The van der Waals surface area contributed by atoms with Gasteiger partial charge in [-0.2, -0.15) is 0 Å². The fourth-order valence-electron chi connectivity index (χ4n) is 7.60. The third-order valence-electron chi connectivity index (χ3n) is 10.1. The average molecular weight is 666 g/mol. The highest BCUT2D eigenvalue weighted by Gasteiger charge is 2.22. The number of rotatable bonds is 4. The van der Waals surface area contributed by atoms with E-state index in [-0.39, 0.29) is 0 Å². The van der Waals surface area contributed by atoms with E-state index in [4.69, 9.17) is 23.8 Å². The lowest BCUT2D eigenvalue weighted by molar-refractivity contribution is 0.669. The van der Waals surface area contributed by atoms with E-state index < -0.39 is 0 Å². The van der Waals surface area contributed by atoms with Gasteiger partial charge < -0.3 is 8.83 Å². The van der Waals surface area contributed by atoms with Crippen LogP contribution in [0.5, 0.6) is 0 Å². The molecule has 242 valence electrons. The van der Waals surface area contributed by atoms with E-state index in [1.165, 1.54) is 0 Å². The van der Waals surface area contributed by atoms with Crippen molar-refractivity contribution in [1.82, 2.24) is 15.0 Å². The molecule has 0 fully saturated rings. The summed E-state index contributed by atoms with van der Waals surface area (Å²) < 4.78 is 13.3. The number of fused-ring (bicyclic) bond motifs is 8. The first-order valence-corrected chi connectivity index (χ1v) is 17.3. The SMILES string of the molecule is c1ccc2cc(-c3nc(-c4ccc5ccccc5c4)nc(-c4ccc(-c5cccc6c5oc5ccccc56)c5c4oc4ccccc45)n3)ccc2c1. The van der Waals surface area contributed by atoms with Crippen LogP contribution in [0, 0.1) is 0 Å². The summed E-state index contributed by atoms with van der Waals surface area (Å²) in [6, 6.07) is 56.3. The summed E-state index contributed by atoms with van der Waals surface area (Å²) in [5.41, 5.74) is 7.86. The largest absolute Gasteiger partial charge is 0.455 e. The maximum Gasteiger partial charge on any atom is 0.167 e. The van der Waals surface area contributed by atoms with E-state index in [2.05, 4.69) is 127 Å². The maximum absolute atomic E-state index is 6.75. The molecule has 0 amide bonds. The molecule has 0 atom stereocenters. The zero-order valence-electron chi connectivity index (χ0n) is 27.7. The van der Waals surface area contributed by atoms with Crippen molar-refractivity contribution in [1.29, 1.82) is 0 Å². The molecule has 0 aliphatic heterocycles. The van der Waals surface area contributed by atoms with E-state index in [1.54, 1.807) is 0 Å². The normalized spacial score (nSPS) is 11.8. The highest BCUT2D eigenvalue weighted by molar-refractivity contribution is 6.19. The van der Waals surface area contributed by atoms with Crippen molar-refractivity contribution in [3.05, 3.63) is 164 Å². The number of nitrogens with zero attached hydrogens (tertiary/aromatic N) is 3. The third-order valence-corrected chi connectivity index (χ3v) is 10.1. The Hall–Kier alpha value is -7.11. The molecule has 0 saturated heterocycles. The van der Waals surface area contributed by atoms with Gasteiger partial charge in [0.15, 0.2) is 17.5 Å². The van der Waals surface area contributed by atoms with Gasteiger partial charge >= 0.3 is 0 Å². The van der Waals surface area contributed by atoms with Crippen molar-refractivity contribution >= 4 is 65.4 Å². The second-order valence-electron chi connectivity index (χ2n) is 13.2. The molecule has 0 saturated carbocycles. The standard InChI is InChI=1S/C47H27N3O2/c1-3-12-30-26-32(22-20-28(30)10-1)45-48-46(33-23-21-29-11-2-4-13-31(29)27-33)50-47(49-45)39-25-24-35(42-38-15-6-8-19-41(38)52-44(39)42)37-17-9-16-36-34-14-5-7-18-40(34)51-43(36)37/h1-27H. The molecule has 11 aromatic rings. The molecular weight excluding hydrogens is 639 g/mol. The molecule has 0 aliphatic rings. The number of furan rings is 2. The first kappa shape index (κ1) is 28.7. The highest BCUT2D eigenvalue weighted by atomic mass is 16.3. The van der Waals surface area contributed by atoms with Crippen LogP contribution < -0.4 is 0 Å². The van der Waals surface area contributed by atoms with Gasteiger partial charge in [-0.3, -0.25) is 0 Å². The van der Waals surface area contributed by atoms with Gasteiger partial charge in [0.1, 0.15) is 22.3 Å². The first-order chi connectivity index (χ1) is 25.7. The summed E-state index contributed by atoms with van der Waals surface area (Å²) in [6.45, 7) is 0. The molecule has 0 aliphatic carbocycles. The van der Waals surface area contributed by atoms with Crippen molar-refractivity contribution in [3.63, 3.8) is 0 Å². The maximum atomic E-state index is 6.75. The van der Waals surface area contributed by atoms with Crippen LogP contribution in [0.25, 0.3) is 111 Å². The predicted molar refractivity (Wildman–Crippen MR) is 211 cm³/mol. The topological polar surface area (TPSA) is 65.0 Å². The zero-order valence-corrected chi connectivity index (χ0v) is 27.7. The Morgan fingerprint density at radius 3 is 1.54 bits per heavy atom. The molecular formula is C47H27N3O2. The van der Waals surface area contributed by atoms with Gasteiger partial charge in [0, 0.05) is 38.2 Å². The lowest BCUT2D eigenvalue weighted by atomic mass is 9.95. The van der Waals surface area contributed by atoms with E-state index in [0.717, 1.165) is 87.7 Å². The van der Waals surface area contributed by atoms with Crippen molar-refractivity contribution in [2.75, 3.05) is 0 Å². The Balaban J connectivity index is 1.18. The first-order valence-electron chi connectivity index (χ1n) is 17.3. The fraction of sp³-hybridized carbons (Fsp3) is 0. The number of benzene rings is 8. The molecule has 5 nitrogen and oxygen atoms in total. The monoisotopic (exact) mass is 665 g/mol. The van der Waals surface area contributed by atoms with Crippen LogP contribution >= 0.6 is 0 Å². The highest BCUT2D eigenvalue weighted by Crippen LogP contribution is 2.44. The number of hydrogen-bond donors (Lipinski definition) is 0. The molecule has 5 heteroatoms. The minimum atomic E-state index is 0.541. The lowest BCUT2D eigenvalue weighted by Gasteiger charge is -2.11. The zero-order chi connectivity index (χ0) is 34.2. The minimum Gasteiger partial charge on any atom is -0.455 e. The van der Waals surface area contributed by atoms with Crippen LogP contribution in [-0.4, -0.2) is 15.0 Å². The van der Waals surface area contributed by atoms with Crippen LogP contribution in [0.1, 0.15) is 0 Å².